The molecule has 2 aliphatic heterocycles. The zero-order valence-corrected chi connectivity index (χ0v) is 21.9. The molecule has 1 aliphatic carbocycles. The van der Waals surface area contributed by atoms with E-state index in [1.165, 1.54) is 33.0 Å². The average Bonchev–Trinajstić information content (AvgIpc) is 3.50. The lowest BCUT2D eigenvalue weighted by molar-refractivity contribution is -0.256. The molecule has 4 atom stereocenters. The van der Waals surface area contributed by atoms with Crippen molar-refractivity contribution in [3.05, 3.63) is 58.7 Å². The number of hydrogen-bond donors (Lipinski definition) is 1. The van der Waals surface area contributed by atoms with Crippen LogP contribution in [0.15, 0.2) is 36.4 Å². The third-order valence-electron chi connectivity index (χ3n) is 9.32. The fraction of sp³-hybridized carbons (Fsp3) is 0.387. The van der Waals surface area contributed by atoms with Crippen LogP contribution in [0.1, 0.15) is 53.0 Å². The minimum atomic E-state index is -0.750. The molecule has 8 rings (SSSR count). The van der Waals surface area contributed by atoms with Crippen LogP contribution in [0.2, 0.25) is 0 Å². The third-order valence-corrected chi connectivity index (χ3v) is 9.32. The first kappa shape index (κ1) is 21.9. The molecule has 1 fully saturated rings. The van der Waals surface area contributed by atoms with E-state index in [1.807, 2.05) is 7.05 Å². The van der Waals surface area contributed by atoms with Crippen LogP contribution in [0.25, 0.3) is 43.6 Å². The summed E-state index contributed by atoms with van der Waals surface area (Å²) in [6, 6.07) is 13.4. The summed E-state index contributed by atoms with van der Waals surface area (Å²) in [4.78, 5) is 13.6. The standard InChI is InChI=1S/C31H31N3O3/c1-15-7-10-21-19(12-15)25-18-9-11-23(35)26(18)27-17-8-6-16(2)13-22(17)33-24-14-20(32-4)30(36-5)31(3,37-24)34(21)29(25)28(27)33/h6-8,10,12-13,20,24,30,32H,9,11,14H2,1-5H3/t20-,24-,30-,31+/m1/s1. The van der Waals surface area contributed by atoms with Gasteiger partial charge in [-0.3, -0.25) is 4.79 Å². The molecule has 0 spiro atoms. The predicted octanol–water partition coefficient (Wildman–Crippen LogP) is 5.86. The van der Waals surface area contributed by atoms with Crippen LogP contribution in [0, 0.1) is 13.8 Å². The van der Waals surface area contributed by atoms with Gasteiger partial charge in [0.2, 0.25) is 0 Å². The Morgan fingerprint density at radius 1 is 1.00 bits per heavy atom. The molecule has 0 unspecified atom stereocenters. The average molecular weight is 494 g/mol. The summed E-state index contributed by atoms with van der Waals surface area (Å²) < 4.78 is 18.2. The van der Waals surface area contributed by atoms with E-state index in [1.54, 1.807) is 7.11 Å². The number of fused-ring (bicyclic) bond motifs is 13. The van der Waals surface area contributed by atoms with Gasteiger partial charge in [0.1, 0.15) is 12.3 Å². The zero-order chi connectivity index (χ0) is 25.4. The van der Waals surface area contributed by atoms with Gasteiger partial charge in [0, 0.05) is 53.1 Å². The number of methoxy groups -OCH3 is 1. The summed E-state index contributed by atoms with van der Waals surface area (Å²) in [7, 11) is 3.80. The number of aromatic nitrogens is 2. The molecule has 0 amide bonds. The number of hydrogen-bond acceptors (Lipinski definition) is 4. The highest BCUT2D eigenvalue weighted by Crippen LogP contribution is 2.54. The molecular weight excluding hydrogens is 462 g/mol. The maximum absolute atomic E-state index is 13.6. The van der Waals surface area contributed by atoms with Crippen LogP contribution < -0.4 is 5.32 Å². The van der Waals surface area contributed by atoms with Crippen molar-refractivity contribution >= 4 is 49.4 Å². The number of aryl methyl sites for hydroxylation is 3. The van der Waals surface area contributed by atoms with Gasteiger partial charge in [0.15, 0.2) is 11.5 Å². The first-order valence-electron chi connectivity index (χ1n) is 13.3. The molecule has 0 saturated carbocycles. The number of carbonyl (C=O) groups is 1. The Kier molecular flexibility index (Phi) is 4.14. The molecule has 2 bridgehead atoms. The second kappa shape index (κ2) is 7.01. The molecule has 3 aromatic carbocycles. The highest BCUT2D eigenvalue weighted by molar-refractivity contribution is 6.31. The van der Waals surface area contributed by atoms with E-state index in [0.29, 0.717) is 6.42 Å². The largest absolute Gasteiger partial charge is 0.375 e. The van der Waals surface area contributed by atoms with Crippen molar-refractivity contribution in [1.29, 1.82) is 0 Å². The van der Waals surface area contributed by atoms with Crippen molar-refractivity contribution in [2.24, 2.45) is 0 Å². The van der Waals surface area contributed by atoms with Crippen molar-refractivity contribution in [2.45, 2.75) is 64.1 Å². The summed E-state index contributed by atoms with van der Waals surface area (Å²) in [6.45, 7) is 6.46. The molecule has 6 nitrogen and oxygen atoms in total. The lowest BCUT2D eigenvalue weighted by Gasteiger charge is -2.48. The second-order valence-electron chi connectivity index (χ2n) is 11.4. The summed E-state index contributed by atoms with van der Waals surface area (Å²) in [5, 5.41) is 8.18. The SMILES string of the molecule is CN[C@@H]1C[C@H]2O[C@@](C)([C@@H]1OC)n1c3ccc(C)cc3c3c4c(c5c6ccc(C)cc6n2c5c31)C(=O)CC4. The van der Waals surface area contributed by atoms with Gasteiger partial charge in [-0.1, -0.05) is 23.8 Å². The van der Waals surface area contributed by atoms with Gasteiger partial charge in [-0.25, -0.2) is 0 Å². The van der Waals surface area contributed by atoms with Gasteiger partial charge in [-0.2, -0.15) is 0 Å². The van der Waals surface area contributed by atoms with Gasteiger partial charge in [-0.05, 0) is 63.6 Å². The van der Waals surface area contributed by atoms with Crippen LogP contribution in [0.3, 0.4) is 0 Å². The molecule has 5 aromatic rings. The van der Waals surface area contributed by atoms with E-state index in [9.17, 15) is 4.79 Å². The number of likely N-dealkylation sites (N-methyl/N-ethyl adjacent to an activating group) is 1. The molecule has 6 heteroatoms. The number of ether oxygens (including phenoxy) is 2. The molecular formula is C31H31N3O3. The van der Waals surface area contributed by atoms with Crippen molar-refractivity contribution in [2.75, 3.05) is 14.2 Å². The van der Waals surface area contributed by atoms with Crippen LogP contribution in [0.4, 0.5) is 0 Å². The zero-order valence-electron chi connectivity index (χ0n) is 21.9. The first-order valence-corrected chi connectivity index (χ1v) is 13.3. The Bertz CT molecular complexity index is 1840. The molecule has 37 heavy (non-hydrogen) atoms. The van der Waals surface area contributed by atoms with E-state index >= 15 is 0 Å². The number of nitrogens with one attached hydrogen (secondary N) is 1. The maximum atomic E-state index is 13.6. The van der Waals surface area contributed by atoms with E-state index < -0.39 is 5.72 Å². The van der Waals surface area contributed by atoms with Gasteiger partial charge in [0.25, 0.3) is 0 Å². The fourth-order valence-electron chi connectivity index (χ4n) is 7.89. The maximum Gasteiger partial charge on any atom is 0.173 e. The van der Waals surface area contributed by atoms with Crippen LogP contribution in [-0.4, -0.2) is 41.2 Å². The number of carbonyl (C=O) groups excluding carboxylic acids is 1. The van der Waals surface area contributed by atoms with Crippen molar-refractivity contribution in [3.8, 4) is 0 Å². The Hall–Kier alpha value is -3.19. The lowest BCUT2D eigenvalue weighted by atomic mass is 9.93. The second-order valence-corrected chi connectivity index (χ2v) is 11.4. The first-order chi connectivity index (χ1) is 17.9. The van der Waals surface area contributed by atoms with E-state index in [2.05, 4.69) is 71.6 Å². The van der Waals surface area contributed by atoms with E-state index in [0.717, 1.165) is 45.7 Å². The van der Waals surface area contributed by atoms with Crippen LogP contribution >= 0.6 is 0 Å². The molecule has 2 aromatic heterocycles. The normalized spacial score (nSPS) is 26.7. The highest BCUT2D eigenvalue weighted by atomic mass is 16.6. The summed E-state index contributed by atoms with van der Waals surface area (Å²) >= 11 is 0. The van der Waals surface area contributed by atoms with E-state index in [4.69, 9.17) is 9.47 Å². The van der Waals surface area contributed by atoms with Gasteiger partial charge < -0.3 is 23.9 Å². The Morgan fingerprint density at radius 2 is 1.78 bits per heavy atom. The fourth-order valence-corrected chi connectivity index (χ4v) is 7.89. The number of nitrogens with zero attached hydrogens (tertiary/aromatic N) is 2. The molecule has 3 aliphatic rings. The van der Waals surface area contributed by atoms with Gasteiger partial charge in [0.05, 0.1) is 22.1 Å². The summed E-state index contributed by atoms with van der Waals surface area (Å²) in [5.74, 6) is 0.257. The van der Waals surface area contributed by atoms with Crippen molar-refractivity contribution < 1.29 is 14.3 Å². The van der Waals surface area contributed by atoms with E-state index in [-0.39, 0.29) is 24.2 Å². The molecule has 0 radical (unpaired) electrons. The Morgan fingerprint density at radius 3 is 2.57 bits per heavy atom. The monoisotopic (exact) mass is 493 g/mol. The molecule has 1 saturated heterocycles. The Labute approximate surface area is 215 Å². The predicted molar refractivity (Wildman–Crippen MR) is 147 cm³/mol. The quantitative estimate of drug-likeness (QED) is 0.335. The third kappa shape index (κ3) is 2.45. The minimum Gasteiger partial charge on any atom is -0.375 e. The molecule has 4 heterocycles. The van der Waals surface area contributed by atoms with Crippen LogP contribution in [0.5, 0.6) is 0 Å². The minimum absolute atomic E-state index is 0.0896. The van der Waals surface area contributed by atoms with Gasteiger partial charge >= 0.3 is 0 Å². The smallest absolute Gasteiger partial charge is 0.173 e. The van der Waals surface area contributed by atoms with Crippen molar-refractivity contribution in [1.82, 2.24) is 14.5 Å². The Balaban J connectivity index is 1.72. The number of Topliss-reactive ketones (excluding diaryl/α,β-unsaturated/α-hetero) is 1. The summed E-state index contributed by atoms with van der Waals surface area (Å²) in [5.41, 5.74) is 8.33. The molecule has 1 N–H and O–H groups in total. The number of benzene rings is 3. The summed E-state index contributed by atoms with van der Waals surface area (Å²) in [6.07, 6.45) is 1.72. The van der Waals surface area contributed by atoms with Crippen LogP contribution in [-0.2, 0) is 21.6 Å². The number of ketones is 1. The van der Waals surface area contributed by atoms with Gasteiger partial charge in [-0.15, -0.1) is 0 Å². The molecule has 188 valence electrons. The highest BCUT2D eigenvalue weighted by Gasteiger charge is 2.53. The van der Waals surface area contributed by atoms with Crippen molar-refractivity contribution in [3.63, 3.8) is 0 Å². The topological polar surface area (TPSA) is 57.4 Å². The lowest BCUT2D eigenvalue weighted by Crippen LogP contribution is -2.59. The number of rotatable bonds is 2.